The first-order valence-electron chi connectivity index (χ1n) is 7.64. The number of aromatic nitrogens is 1. The number of hydrogen-bond donors (Lipinski definition) is 1. The molecule has 4 nitrogen and oxygen atoms in total. The van der Waals surface area contributed by atoms with Crippen LogP contribution < -0.4 is 14.8 Å². The molecule has 1 N–H and O–H groups in total. The summed E-state index contributed by atoms with van der Waals surface area (Å²) >= 11 is 0. The quantitative estimate of drug-likeness (QED) is 0.829. The van der Waals surface area contributed by atoms with E-state index in [2.05, 4.69) is 10.3 Å². The van der Waals surface area contributed by atoms with Gasteiger partial charge < -0.3 is 14.8 Å². The number of rotatable bonds is 7. The lowest BCUT2D eigenvalue weighted by atomic mass is 10.2. The molecule has 0 saturated carbocycles. The van der Waals surface area contributed by atoms with Gasteiger partial charge in [0.15, 0.2) is 11.5 Å². The van der Waals surface area contributed by atoms with Gasteiger partial charge >= 0.3 is 0 Å². The summed E-state index contributed by atoms with van der Waals surface area (Å²) in [6.45, 7) is 8.78. The van der Waals surface area contributed by atoms with Crippen LogP contribution >= 0.6 is 0 Å². The van der Waals surface area contributed by atoms with E-state index in [1.807, 2.05) is 58.0 Å². The summed E-state index contributed by atoms with van der Waals surface area (Å²) in [5, 5.41) is 3.39. The molecule has 0 bridgehead atoms. The van der Waals surface area contributed by atoms with Crippen molar-refractivity contribution in [2.45, 2.75) is 46.4 Å². The Labute approximate surface area is 132 Å². The third-order valence-electron chi connectivity index (χ3n) is 2.92. The predicted molar refractivity (Wildman–Crippen MR) is 89.5 cm³/mol. The maximum Gasteiger partial charge on any atom is 0.163 e. The molecule has 2 aromatic rings. The first-order valence-corrected chi connectivity index (χ1v) is 7.64. The molecular weight excluding hydrogens is 276 g/mol. The minimum Gasteiger partial charge on any atom is -0.487 e. The van der Waals surface area contributed by atoms with E-state index in [1.165, 1.54) is 5.56 Å². The molecule has 1 aromatic heterocycles. The van der Waals surface area contributed by atoms with Crippen molar-refractivity contribution in [3.05, 3.63) is 48.3 Å². The molecule has 0 aliphatic rings. The van der Waals surface area contributed by atoms with Gasteiger partial charge in [-0.15, -0.1) is 0 Å². The number of nitrogens with one attached hydrogen (secondary N) is 1. The first kappa shape index (κ1) is 16.1. The van der Waals surface area contributed by atoms with Crippen LogP contribution in [0.2, 0.25) is 0 Å². The van der Waals surface area contributed by atoms with Crippen molar-refractivity contribution in [3.8, 4) is 11.5 Å². The highest BCUT2D eigenvalue weighted by atomic mass is 16.5. The maximum absolute atomic E-state index is 5.86. The Hall–Kier alpha value is -2.23. The zero-order chi connectivity index (χ0) is 15.9. The van der Waals surface area contributed by atoms with Gasteiger partial charge in [0, 0.05) is 30.7 Å². The molecule has 118 valence electrons. The molecule has 0 spiro atoms. The molecule has 0 saturated heterocycles. The lowest BCUT2D eigenvalue weighted by Crippen LogP contribution is -2.11. The lowest BCUT2D eigenvalue weighted by molar-refractivity contribution is 0.199. The molecule has 0 radical (unpaired) electrons. The van der Waals surface area contributed by atoms with Crippen molar-refractivity contribution < 1.29 is 9.47 Å². The van der Waals surface area contributed by atoms with Crippen molar-refractivity contribution in [1.29, 1.82) is 0 Å². The fourth-order valence-corrected chi connectivity index (χ4v) is 2.02. The van der Waals surface area contributed by atoms with Gasteiger partial charge in [-0.25, -0.2) is 0 Å². The largest absolute Gasteiger partial charge is 0.487 e. The highest BCUT2D eigenvalue weighted by Crippen LogP contribution is 2.32. The number of nitrogens with zero attached hydrogens (tertiary/aromatic N) is 1. The van der Waals surface area contributed by atoms with Crippen LogP contribution in [0.3, 0.4) is 0 Å². The molecule has 0 aliphatic carbocycles. The normalized spacial score (nSPS) is 10.8. The Morgan fingerprint density at radius 2 is 1.55 bits per heavy atom. The van der Waals surface area contributed by atoms with Gasteiger partial charge in [-0.05, 0) is 57.5 Å². The standard InChI is InChI=1S/C18H24N2O2/c1-13(2)21-17-6-5-16(11-18(17)22-14(3)4)20-12-15-7-9-19-10-8-15/h5-11,13-14,20H,12H2,1-4H3. The van der Waals surface area contributed by atoms with Crippen LogP contribution in [0.25, 0.3) is 0 Å². The molecule has 0 atom stereocenters. The van der Waals surface area contributed by atoms with E-state index in [4.69, 9.17) is 9.47 Å². The summed E-state index contributed by atoms with van der Waals surface area (Å²) < 4.78 is 11.7. The number of pyridine rings is 1. The van der Waals surface area contributed by atoms with Gasteiger partial charge in [-0.3, -0.25) is 4.98 Å². The van der Waals surface area contributed by atoms with Crippen LogP contribution in [0.1, 0.15) is 33.3 Å². The van der Waals surface area contributed by atoms with Crippen LogP contribution in [0.4, 0.5) is 5.69 Å². The van der Waals surface area contributed by atoms with E-state index in [9.17, 15) is 0 Å². The minimum absolute atomic E-state index is 0.102. The topological polar surface area (TPSA) is 43.4 Å². The Balaban J connectivity index is 2.11. The van der Waals surface area contributed by atoms with Gasteiger partial charge in [-0.2, -0.15) is 0 Å². The molecule has 0 amide bonds. The van der Waals surface area contributed by atoms with Crippen molar-refractivity contribution >= 4 is 5.69 Å². The second kappa shape index (κ2) is 7.69. The second-order valence-electron chi connectivity index (χ2n) is 5.70. The van der Waals surface area contributed by atoms with Crippen LogP contribution in [0, 0.1) is 0 Å². The SMILES string of the molecule is CC(C)Oc1ccc(NCc2ccncc2)cc1OC(C)C. The van der Waals surface area contributed by atoms with E-state index >= 15 is 0 Å². The fraction of sp³-hybridized carbons (Fsp3) is 0.389. The van der Waals surface area contributed by atoms with Gasteiger partial charge in [0.25, 0.3) is 0 Å². The summed E-state index contributed by atoms with van der Waals surface area (Å²) in [6.07, 6.45) is 3.81. The van der Waals surface area contributed by atoms with Crippen LogP contribution in [0.5, 0.6) is 11.5 Å². The van der Waals surface area contributed by atoms with E-state index in [0.29, 0.717) is 0 Å². The average Bonchev–Trinajstić information content (AvgIpc) is 2.47. The average molecular weight is 300 g/mol. The third kappa shape index (κ3) is 4.95. The van der Waals surface area contributed by atoms with E-state index < -0.39 is 0 Å². The molecule has 1 heterocycles. The highest BCUT2D eigenvalue weighted by molar-refractivity contribution is 5.55. The van der Waals surface area contributed by atoms with Crippen molar-refractivity contribution in [3.63, 3.8) is 0 Å². The highest BCUT2D eigenvalue weighted by Gasteiger charge is 2.10. The molecule has 0 aliphatic heterocycles. The van der Waals surface area contributed by atoms with Gasteiger partial charge in [0.05, 0.1) is 12.2 Å². The summed E-state index contributed by atoms with van der Waals surface area (Å²) in [7, 11) is 0. The summed E-state index contributed by atoms with van der Waals surface area (Å²) in [6, 6.07) is 9.93. The second-order valence-corrected chi connectivity index (χ2v) is 5.70. The van der Waals surface area contributed by atoms with Gasteiger partial charge in [-0.1, -0.05) is 0 Å². The molecule has 22 heavy (non-hydrogen) atoms. The Bertz CT molecular complexity index is 583. The predicted octanol–water partition coefficient (Wildman–Crippen LogP) is 4.27. The van der Waals surface area contributed by atoms with Crippen molar-refractivity contribution in [2.75, 3.05) is 5.32 Å². The molecule has 1 aromatic carbocycles. The number of benzene rings is 1. The molecular formula is C18H24N2O2. The zero-order valence-corrected chi connectivity index (χ0v) is 13.7. The monoisotopic (exact) mass is 300 g/mol. The van der Waals surface area contributed by atoms with Crippen molar-refractivity contribution in [1.82, 2.24) is 4.98 Å². The van der Waals surface area contributed by atoms with Gasteiger partial charge in [0.1, 0.15) is 0 Å². The third-order valence-corrected chi connectivity index (χ3v) is 2.92. The molecule has 2 rings (SSSR count). The molecule has 0 unspecified atom stereocenters. The van der Waals surface area contributed by atoms with Gasteiger partial charge in [0.2, 0.25) is 0 Å². The van der Waals surface area contributed by atoms with E-state index in [0.717, 1.165) is 23.7 Å². The number of hydrogen-bond acceptors (Lipinski definition) is 4. The molecule has 0 fully saturated rings. The van der Waals surface area contributed by atoms with Crippen LogP contribution in [-0.4, -0.2) is 17.2 Å². The summed E-state index contributed by atoms with van der Waals surface area (Å²) in [5.74, 6) is 1.54. The fourth-order valence-electron chi connectivity index (χ4n) is 2.02. The first-order chi connectivity index (χ1) is 10.5. The lowest BCUT2D eigenvalue weighted by Gasteiger charge is -2.18. The number of anilines is 1. The van der Waals surface area contributed by atoms with Crippen LogP contribution in [-0.2, 0) is 6.54 Å². The summed E-state index contributed by atoms with van der Waals surface area (Å²) in [5.41, 5.74) is 2.19. The Morgan fingerprint density at radius 3 is 2.18 bits per heavy atom. The molecule has 4 heteroatoms. The van der Waals surface area contributed by atoms with Crippen molar-refractivity contribution in [2.24, 2.45) is 0 Å². The Kier molecular flexibility index (Phi) is 5.64. The van der Waals surface area contributed by atoms with E-state index in [1.54, 1.807) is 12.4 Å². The summed E-state index contributed by atoms with van der Waals surface area (Å²) in [4.78, 5) is 4.02. The number of ether oxygens (including phenoxy) is 2. The Morgan fingerprint density at radius 1 is 0.909 bits per heavy atom. The maximum atomic E-state index is 5.86. The van der Waals surface area contributed by atoms with Crippen LogP contribution in [0.15, 0.2) is 42.7 Å². The van der Waals surface area contributed by atoms with E-state index in [-0.39, 0.29) is 12.2 Å². The smallest absolute Gasteiger partial charge is 0.163 e. The minimum atomic E-state index is 0.102. The zero-order valence-electron chi connectivity index (χ0n) is 13.7.